The molecule has 3 atom stereocenters. The minimum atomic E-state index is -1.50. The zero-order valence-corrected chi connectivity index (χ0v) is 16.7. The summed E-state index contributed by atoms with van der Waals surface area (Å²) in [5.74, 6) is -2.11. The summed E-state index contributed by atoms with van der Waals surface area (Å²) in [5.41, 5.74) is 3.98. The van der Waals surface area contributed by atoms with E-state index in [4.69, 9.17) is 20.5 Å². The first-order chi connectivity index (χ1) is 12.8. The van der Waals surface area contributed by atoms with Crippen LogP contribution >= 0.6 is 0 Å². The van der Waals surface area contributed by atoms with E-state index in [9.17, 15) is 19.5 Å². The van der Waals surface area contributed by atoms with E-state index in [1.165, 1.54) is 0 Å². The average Bonchev–Trinajstić information content (AvgIpc) is 2.55. The van der Waals surface area contributed by atoms with Crippen LogP contribution in [0.15, 0.2) is 0 Å². The molecule has 1 rings (SSSR count). The number of rotatable bonds is 8. The maximum absolute atomic E-state index is 12.0. The van der Waals surface area contributed by atoms with Crippen LogP contribution in [-0.4, -0.2) is 64.5 Å². The zero-order chi connectivity index (χ0) is 21.5. The molecule has 10 nitrogen and oxygen atoms in total. The number of carboxylic acid groups (broad SMARTS) is 1. The molecule has 0 saturated heterocycles. The molecule has 0 heterocycles. The molecule has 7 N–H and O–H groups in total. The highest BCUT2D eigenvalue weighted by molar-refractivity contribution is 6.40. The third kappa shape index (κ3) is 8.03. The van der Waals surface area contributed by atoms with E-state index in [1.807, 2.05) is 0 Å². The molecule has 11 heteroatoms. The predicted molar refractivity (Wildman–Crippen MR) is 102 cm³/mol. The lowest BCUT2D eigenvalue weighted by Crippen LogP contribution is -2.60. The lowest BCUT2D eigenvalue weighted by molar-refractivity contribution is -0.148. The van der Waals surface area contributed by atoms with Gasteiger partial charge in [0.1, 0.15) is 11.1 Å². The SMILES string of the molecule is CC(C)(C)OC(=O)NCC(=O)NC[C@@H]1CC[C@@H](CCB(O)O)C[C@]1(N)C(=O)O. The van der Waals surface area contributed by atoms with E-state index < -0.39 is 42.1 Å². The summed E-state index contributed by atoms with van der Waals surface area (Å²) < 4.78 is 5.04. The Morgan fingerprint density at radius 2 is 1.86 bits per heavy atom. The van der Waals surface area contributed by atoms with Crippen molar-refractivity contribution < 1.29 is 34.3 Å². The van der Waals surface area contributed by atoms with Gasteiger partial charge in [0.15, 0.2) is 0 Å². The van der Waals surface area contributed by atoms with Crippen LogP contribution < -0.4 is 16.4 Å². The largest absolute Gasteiger partial charge is 0.480 e. The molecule has 0 bridgehead atoms. The highest BCUT2D eigenvalue weighted by Crippen LogP contribution is 2.38. The number of nitrogens with one attached hydrogen (secondary N) is 2. The lowest BCUT2D eigenvalue weighted by atomic mass is 9.66. The summed E-state index contributed by atoms with van der Waals surface area (Å²) in [5, 5.41) is 32.5. The maximum atomic E-state index is 12.0. The number of carboxylic acids is 1. The number of ether oxygens (including phenoxy) is 1. The van der Waals surface area contributed by atoms with Crippen molar-refractivity contribution >= 4 is 25.1 Å². The molecule has 0 radical (unpaired) electrons. The van der Waals surface area contributed by atoms with Crippen molar-refractivity contribution in [2.45, 2.75) is 63.9 Å². The van der Waals surface area contributed by atoms with Gasteiger partial charge in [0.2, 0.25) is 5.91 Å². The highest BCUT2D eigenvalue weighted by atomic mass is 16.6. The van der Waals surface area contributed by atoms with Crippen molar-refractivity contribution in [1.29, 1.82) is 0 Å². The van der Waals surface area contributed by atoms with Crippen LogP contribution in [0.1, 0.15) is 46.5 Å². The molecule has 1 aliphatic carbocycles. The number of carbonyl (C=O) groups is 3. The fraction of sp³-hybridized carbons (Fsp3) is 0.824. The van der Waals surface area contributed by atoms with Crippen molar-refractivity contribution in [1.82, 2.24) is 10.6 Å². The van der Waals surface area contributed by atoms with Gasteiger partial charge in [-0.15, -0.1) is 0 Å². The maximum Gasteiger partial charge on any atom is 0.451 e. The quantitative estimate of drug-likeness (QED) is 0.301. The van der Waals surface area contributed by atoms with Crippen molar-refractivity contribution in [3.05, 3.63) is 0 Å². The predicted octanol–water partition coefficient (Wildman–Crippen LogP) is -0.311. The number of amides is 2. The monoisotopic (exact) mass is 401 g/mol. The average molecular weight is 401 g/mol. The van der Waals surface area contributed by atoms with Gasteiger partial charge in [-0.3, -0.25) is 9.59 Å². The molecule has 28 heavy (non-hydrogen) atoms. The summed E-state index contributed by atoms with van der Waals surface area (Å²) in [7, 11) is -1.42. The molecule has 1 aliphatic rings. The Hall–Kier alpha value is -1.85. The topological polar surface area (TPSA) is 171 Å². The summed E-state index contributed by atoms with van der Waals surface area (Å²) in [6.07, 6.45) is 1.31. The summed E-state index contributed by atoms with van der Waals surface area (Å²) in [4.78, 5) is 35.3. The molecule has 0 aliphatic heterocycles. The Labute approximate surface area is 165 Å². The van der Waals surface area contributed by atoms with Gasteiger partial charge in [-0.25, -0.2) is 4.79 Å². The number of aliphatic carboxylic acids is 1. The molecule has 160 valence electrons. The number of hydrogen-bond donors (Lipinski definition) is 6. The third-order valence-electron chi connectivity index (χ3n) is 4.85. The third-order valence-corrected chi connectivity index (χ3v) is 4.85. The standard InChI is InChI=1S/C17H32BN3O7/c1-16(2,3)28-15(25)21-10-13(22)20-9-12-5-4-11(6-7-18(26)27)8-17(12,19)14(23)24/h11-12,26-27H,4-10,19H2,1-3H3,(H,20,22)(H,21,25)(H,23,24)/t11-,12-,17+/m0/s1. The van der Waals surface area contributed by atoms with Crippen LogP contribution in [-0.2, 0) is 14.3 Å². The number of hydrogen-bond acceptors (Lipinski definition) is 7. The smallest absolute Gasteiger partial charge is 0.451 e. The van der Waals surface area contributed by atoms with Gasteiger partial charge in [0.05, 0.1) is 6.54 Å². The van der Waals surface area contributed by atoms with Gasteiger partial charge in [0.25, 0.3) is 0 Å². The summed E-state index contributed by atoms with van der Waals surface area (Å²) in [6, 6.07) is 0. The van der Waals surface area contributed by atoms with E-state index >= 15 is 0 Å². The van der Waals surface area contributed by atoms with Gasteiger partial charge in [-0.1, -0.05) is 6.42 Å². The number of carbonyl (C=O) groups excluding carboxylic acids is 2. The Morgan fingerprint density at radius 3 is 2.39 bits per heavy atom. The van der Waals surface area contributed by atoms with Crippen LogP contribution in [0.3, 0.4) is 0 Å². The van der Waals surface area contributed by atoms with Gasteiger partial charge >= 0.3 is 19.2 Å². The zero-order valence-electron chi connectivity index (χ0n) is 16.7. The second-order valence-corrected chi connectivity index (χ2v) is 8.41. The summed E-state index contributed by atoms with van der Waals surface area (Å²) in [6.45, 7) is 4.90. The van der Waals surface area contributed by atoms with Crippen molar-refractivity contribution in [3.8, 4) is 0 Å². The first-order valence-corrected chi connectivity index (χ1v) is 9.45. The van der Waals surface area contributed by atoms with E-state index in [2.05, 4.69) is 10.6 Å². The van der Waals surface area contributed by atoms with Crippen LogP contribution in [0, 0.1) is 11.8 Å². The Morgan fingerprint density at radius 1 is 1.21 bits per heavy atom. The minimum Gasteiger partial charge on any atom is -0.480 e. The highest BCUT2D eigenvalue weighted by Gasteiger charge is 2.46. The van der Waals surface area contributed by atoms with E-state index in [0.29, 0.717) is 19.3 Å². The number of nitrogens with two attached hydrogens (primary N) is 1. The first kappa shape index (κ1) is 24.2. The molecular formula is C17H32BN3O7. The molecule has 0 unspecified atom stereocenters. The lowest BCUT2D eigenvalue weighted by Gasteiger charge is -2.41. The Kier molecular flexibility index (Phi) is 8.71. The van der Waals surface area contributed by atoms with Crippen molar-refractivity contribution in [2.75, 3.05) is 13.1 Å². The second kappa shape index (κ2) is 10.1. The van der Waals surface area contributed by atoms with Crippen LogP contribution in [0.4, 0.5) is 4.79 Å². The van der Waals surface area contributed by atoms with Gasteiger partial charge in [-0.05, 0) is 52.3 Å². The van der Waals surface area contributed by atoms with Crippen LogP contribution in [0.5, 0.6) is 0 Å². The summed E-state index contributed by atoms with van der Waals surface area (Å²) >= 11 is 0. The minimum absolute atomic E-state index is 0.0244. The normalized spacial score (nSPS) is 24.9. The van der Waals surface area contributed by atoms with E-state index in [1.54, 1.807) is 20.8 Å². The Bertz CT molecular complexity index is 567. The molecule has 1 saturated carbocycles. The molecule has 0 aromatic carbocycles. The fourth-order valence-corrected chi connectivity index (χ4v) is 3.38. The van der Waals surface area contributed by atoms with Gasteiger partial charge in [-0.2, -0.15) is 0 Å². The molecule has 0 aromatic rings. The second-order valence-electron chi connectivity index (χ2n) is 8.41. The van der Waals surface area contributed by atoms with Crippen LogP contribution in [0.2, 0.25) is 6.32 Å². The fourth-order valence-electron chi connectivity index (χ4n) is 3.38. The van der Waals surface area contributed by atoms with Gasteiger partial charge in [0, 0.05) is 12.5 Å². The molecular weight excluding hydrogens is 369 g/mol. The van der Waals surface area contributed by atoms with Gasteiger partial charge < -0.3 is 36.3 Å². The Balaban J connectivity index is 2.52. The van der Waals surface area contributed by atoms with Crippen molar-refractivity contribution in [3.63, 3.8) is 0 Å². The first-order valence-electron chi connectivity index (χ1n) is 9.45. The van der Waals surface area contributed by atoms with E-state index in [-0.39, 0.29) is 31.7 Å². The molecule has 2 amide bonds. The molecule has 0 aromatic heterocycles. The number of alkyl carbamates (subject to hydrolysis) is 1. The molecule has 0 spiro atoms. The molecule has 1 fully saturated rings. The van der Waals surface area contributed by atoms with Crippen molar-refractivity contribution in [2.24, 2.45) is 17.6 Å². The van der Waals surface area contributed by atoms with Crippen LogP contribution in [0.25, 0.3) is 0 Å². The van der Waals surface area contributed by atoms with E-state index in [0.717, 1.165) is 0 Å².